The van der Waals surface area contributed by atoms with Crippen LogP contribution in [0.3, 0.4) is 0 Å². The predicted molar refractivity (Wildman–Crippen MR) is 76.5 cm³/mol. The van der Waals surface area contributed by atoms with Gasteiger partial charge in [-0.05, 0) is 40.0 Å². The van der Waals surface area contributed by atoms with E-state index >= 15 is 0 Å². The number of piperidine rings is 1. The zero-order valence-electron chi connectivity index (χ0n) is 12.4. The molecule has 4 nitrogen and oxygen atoms in total. The number of rotatable bonds is 1. The summed E-state index contributed by atoms with van der Waals surface area (Å²) in [6, 6.07) is -0.445. The number of hydrogen-bond acceptors (Lipinski definition) is 4. The number of thioether (sulfide) groups is 1. The van der Waals surface area contributed by atoms with Gasteiger partial charge in [0, 0.05) is 18.2 Å². The first-order valence-electron chi connectivity index (χ1n) is 7.01. The molecule has 2 aliphatic heterocycles. The Labute approximate surface area is 123 Å². The van der Waals surface area contributed by atoms with Gasteiger partial charge < -0.3 is 4.74 Å². The van der Waals surface area contributed by atoms with Crippen molar-refractivity contribution in [2.45, 2.75) is 76.1 Å². The molecule has 0 aliphatic carbocycles. The average molecular weight is 303 g/mol. The van der Waals surface area contributed by atoms with Gasteiger partial charge in [-0.1, -0.05) is 11.8 Å². The number of nitrogens with zero attached hydrogens (tertiary/aromatic N) is 1. The molecular formula is C14H22FNO3S. The van der Waals surface area contributed by atoms with Gasteiger partial charge in [-0.2, -0.15) is 0 Å². The van der Waals surface area contributed by atoms with Crippen molar-refractivity contribution in [1.82, 2.24) is 4.90 Å². The first-order valence-corrected chi connectivity index (χ1v) is 7.89. The van der Waals surface area contributed by atoms with Gasteiger partial charge in [-0.25, -0.2) is 9.18 Å². The zero-order valence-corrected chi connectivity index (χ0v) is 13.2. The molecule has 4 atom stereocenters. The van der Waals surface area contributed by atoms with Gasteiger partial charge in [0.25, 0.3) is 0 Å². The summed E-state index contributed by atoms with van der Waals surface area (Å²) in [5, 5.41) is -0.397. The van der Waals surface area contributed by atoms with E-state index < -0.39 is 23.9 Å². The molecule has 0 aromatic carbocycles. The normalized spacial score (nSPS) is 33.1. The minimum atomic E-state index is -1.16. The molecule has 0 saturated carbocycles. The summed E-state index contributed by atoms with van der Waals surface area (Å²) in [5.74, 6) is 0. The second kappa shape index (κ2) is 5.54. The number of hydrogen-bond donors (Lipinski definition) is 0. The fraction of sp³-hybridized carbons (Fsp3) is 0.857. The summed E-state index contributed by atoms with van der Waals surface area (Å²) in [6.45, 7) is 6.87. The Hall–Kier alpha value is -0.780. The van der Waals surface area contributed by atoms with Crippen LogP contribution in [0.15, 0.2) is 0 Å². The Kier molecular flexibility index (Phi) is 4.33. The van der Waals surface area contributed by atoms with Gasteiger partial charge in [-0.15, -0.1) is 0 Å². The molecule has 2 unspecified atom stereocenters. The van der Waals surface area contributed by atoms with E-state index in [0.717, 1.165) is 18.2 Å². The van der Waals surface area contributed by atoms with Crippen molar-refractivity contribution in [3.63, 3.8) is 0 Å². The SMILES string of the molecule is CC(=O)S[C@@H]1CC2CCC([C@H]1F)N2C(=O)OC(C)(C)C. The highest BCUT2D eigenvalue weighted by molar-refractivity contribution is 8.14. The molecule has 0 aromatic rings. The third kappa shape index (κ3) is 3.27. The van der Waals surface area contributed by atoms with Crippen molar-refractivity contribution in [1.29, 1.82) is 0 Å². The fourth-order valence-corrected chi connectivity index (χ4v) is 4.08. The van der Waals surface area contributed by atoms with Gasteiger partial charge in [0.2, 0.25) is 0 Å². The van der Waals surface area contributed by atoms with Crippen LogP contribution in [0.4, 0.5) is 9.18 Å². The second-order valence-corrected chi connectivity index (χ2v) is 7.93. The van der Waals surface area contributed by atoms with Gasteiger partial charge in [0.1, 0.15) is 11.8 Å². The summed E-state index contributed by atoms with van der Waals surface area (Å²) < 4.78 is 19.9. The second-order valence-electron chi connectivity index (χ2n) is 6.51. The summed E-state index contributed by atoms with van der Waals surface area (Å²) in [6.07, 6.45) is 0.384. The van der Waals surface area contributed by atoms with Gasteiger partial charge in [0.15, 0.2) is 5.12 Å². The smallest absolute Gasteiger partial charge is 0.410 e. The van der Waals surface area contributed by atoms with Crippen molar-refractivity contribution in [3.05, 3.63) is 0 Å². The lowest BCUT2D eigenvalue weighted by atomic mass is 10.0. The first kappa shape index (κ1) is 15.6. The molecule has 1 amide bonds. The van der Waals surface area contributed by atoms with Gasteiger partial charge >= 0.3 is 6.09 Å². The predicted octanol–water partition coefficient (Wildman–Crippen LogP) is 3.14. The van der Waals surface area contributed by atoms with Crippen LogP contribution in [0.5, 0.6) is 0 Å². The largest absolute Gasteiger partial charge is 0.444 e. The van der Waals surface area contributed by atoms with Crippen molar-refractivity contribution in [2.24, 2.45) is 0 Å². The van der Waals surface area contributed by atoms with E-state index in [-0.39, 0.29) is 16.4 Å². The number of carbonyl (C=O) groups is 2. The fourth-order valence-electron chi connectivity index (χ4n) is 3.03. The van der Waals surface area contributed by atoms with E-state index in [4.69, 9.17) is 4.74 Å². The molecule has 0 aromatic heterocycles. The number of carbonyl (C=O) groups excluding carboxylic acids is 2. The van der Waals surface area contributed by atoms with E-state index in [1.165, 1.54) is 6.92 Å². The molecule has 6 heteroatoms. The average Bonchev–Trinajstić information content (AvgIpc) is 2.61. The molecule has 0 N–H and O–H groups in total. The highest BCUT2D eigenvalue weighted by atomic mass is 32.2. The van der Waals surface area contributed by atoms with E-state index in [0.29, 0.717) is 12.8 Å². The molecular weight excluding hydrogens is 281 g/mol. The molecule has 0 radical (unpaired) electrons. The highest BCUT2D eigenvalue weighted by Crippen LogP contribution is 2.42. The lowest BCUT2D eigenvalue weighted by molar-refractivity contribution is -0.109. The Bertz CT molecular complexity index is 410. The quantitative estimate of drug-likeness (QED) is 0.746. The molecule has 2 heterocycles. The van der Waals surface area contributed by atoms with Gasteiger partial charge in [0.05, 0.1) is 6.04 Å². The minimum Gasteiger partial charge on any atom is -0.444 e. The van der Waals surface area contributed by atoms with Crippen LogP contribution in [-0.2, 0) is 9.53 Å². The summed E-state index contributed by atoms with van der Waals surface area (Å²) in [5.41, 5.74) is -0.576. The van der Waals surface area contributed by atoms with Crippen LogP contribution in [0, 0.1) is 0 Å². The molecule has 2 bridgehead atoms. The summed E-state index contributed by atoms with van der Waals surface area (Å²) >= 11 is 1.07. The molecule has 0 spiro atoms. The van der Waals surface area contributed by atoms with Crippen LogP contribution in [0.25, 0.3) is 0 Å². The highest BCUT2D eigenvalue weighted by Gasteiger charge is 2.51. The van der Waals surface area contributed by atoms with Crippen molar-refractivity contribution in [3.8, 4) is 0 Å². The monoisotopic (exact) mass is 303 g/mol. The number of alkyl halides is 1. The molecule has 2 aliphatic rings. The maximum atomic E-state index is 14.5. The lowest BCUT2D eigenvalue weighted by Gasteiger charge is -2.41. The molecule has 2 fully saturated rings. The van der Waals surface area contributed by atoms with E-state index in [2.05, 4.69) is 0 Å². The van der Waals surface area contributed by atoms with Crippen LogP contribution in [-0.4, -0.2) is 45.2 Å². The Morgan fingerprint density at radius 3 is 2.50 bits per heavy atom. The topological polar surface area (TPSA) is 46.6 Å². The maximum Gasteiger partial charge on any atom is 0.410 e. The lowest BCUT2D eigenvalue weighted by Crippen LogP contribution is -2.55. The molecule has 20 heavy (non-hydrogen) atoms. The third-order valence-corrected chi connectivity index (χ3v) is 4.78. The third-order valence-electron chi connectivity index (χ3n) is 3.70. The van der Waals surface area contributed by atoms with Crippen LogP contribution < -0.4 is 0 Å². The van der Waals surface area contributed by atoms with Crippen molar-refractivity contribution in [2.75, 3.05) is 0 Å². The molecule has 114 valence electrons. The van der Waals surface area contributed by atoms with E-state index in [1.54, 1.807) is 25.7 Å². The number of ether oxygens (including phenoxy) is 1. The van der Waals surface area contributed by atoms with Crippen LogP contribution >= 0.6 is 11.8 Å². The minimum absolute atomic E-state index is 0.00120. The Balaban J connectivity index is 2.08. The number of halogens is 1. The van der Waals surface area contributed by atoms with Crippen LogP contribution in [0.2, 0.25) is 0 Å². The Morgan fingerprint density at radius 2 is 1.95 bits per heavy atom. The van der Waals surface area contributed by atoms with E-state index in [9.17, 15) is 14.0 Å². The van der Waals surface area contributed by atoms with Crippen LogP contribution in [0.1, 0.15) is 47.0 Å². The van der Waals surface area contributed by atoms with Crippen molar-refractivity contribution >= 4 is 23.0 Å². The number of amides is 1. The maximum absolute atomic E-state index is 14.5. The molecule has 2 rings (SSSR count). The van der Waals surface area contributed by atoms with Crippen molar-refractivity contribution < 1.29 is 18.7 Å². The Morgan fingerprint density at radius 1 is 1.30 bits per heavy atom. The zero-order chi connectivity index (χ0) is 15.1. The summed E-state index contributed by atoms with van der Waals surface area (Å²) in [4.78, 5) is 25.0. The van der Waals surface area contributed by atoms with Gasteiger partial charge in [-0.3, -0.25) is 9.69 Å². The summed E-state index contributed by atoms with van der Waals surface area (Å²) in [7, 11) is 0. The number of fused-ring (bicyclic) bond motifs is 2. The first-order chi connectivity index (χ1) is 9.19. The molecule has 2 saturated heterocycles. The van der Waals surface area contributed by atoms with E-state index in [1.807, 2.05) is 0 Å². The standard InChI is InChI=1S/C14H22FNO3S/c1-8(17)20-11-7-9-5-6-10(12(11)15)16(9)13(18)19-14(2,3)4/h9-12H,5-7H2,1-4H3/t9?,10?,11-,12-/m1/s1.